The average Bonchev–Trinajstić information content (AvgIpc) is 2.45. The first kappa shape index (κ1) is 11.5. The molecule has 0 saturated carbocycles. The number of hydrogen-bond acceptors (Lipinski definition) is 3. The molecule has 3 rings (SSSR count). The Kier molecular flexibility index (Phi) is 2.76. The predicted molar refractivity (Wildman–Crippen MR) is 76.0 cm³/mol. The van der Waals surface area contributed by atoms with Crippen LogP contribution in [0.2, 0.25) is 0 Å². The first-order chi connectivity index (χ1) is 9.24. The zero-order valence-electron chi connectivity index (χ0n) is 10.3. The van der Waals surface area contributed by atoms with Gasteiger partial charge in [-0.15, -0.1) is 0 Å². The van der Waals surface area contributed by atoms with E-state index in [-0.39, 0.29) is 5.56 Å². The second-order valence-corrected chi connectivity index (χ2v) is 4.44. The van der Waals surface area contributed by atoms with E-state index in [1.165, 1.54) is 0 Å². The van der Waals surface area contributed by atoms with Gasteiger partial charge < -0.3 is 5.73 Å². The van der Waals surface area contributed by atoms with E-state index in [1.54, 1.807) is 17.0 Å². The molecule has 0 unspecified atom stereocenters. The van der Waals surface area contributed by atoms with Gasteiger partial charge in [0.2, 0.25) is 0 Å². The zero-order valence-corrected chi connectivity index (χ0v) is 10.3. The van der Waals surface area contributed by atoms with Gasteiger partial charge in [-0.2, -0.15) is 0 Å². The summed E-state index contributed by atoms with van der Waals surface area (Å²) in [7, 11) is 0. The molecule has 2 N–H and O–H groups in total. The van der Waals surface area contributed by atoms with Crippen LogP contribution >= 0.6 is 0 Å². The van der Waals surface area contributed by atoms with E-state index >= 15 is 0 Å². The highest BCUT2D eigenvalue weighted by molar-refractivity contribution is 5.76. The Bertz CT molecular complexity index is 775. The Hall–Kier alpha value is -2.62. The van der Waals surface area contributed by atoms with E-state index in [4.69, 9.17) is 5.73 Å². The maximum Gasteiger partial charge on any atom is 0.261 e. The van der Waals surface area contributed by atoms with Crippen LogP contribution in [-0.2, 0) is 6.54 Å². The summed E-state index contributed by atoms with van der Waals surface area (Å²) in [5.41, 5.74) is 8.08. The number of fused-ring (bicyclic) bond motifs is 1. The number of nitrogens with two attached hydrogens (primary N) is 1. The Balaban J connectivity index is 2.04. The number of aromatic nitrogens is 2. The summed E-state index contributed by atoms with van der Waals surface area (Å²) in [6.45, 7) is 0.497. The molecule has 0 bridgehead atoms. The van der Waals surface area contributed by atoms with Crippen molar-refractivity contribution in [1.29, 1.82) is 0 Å². The molecule has 3 aromatic rings. The van der Waals surface area contributed by atoms with Crippen LogP contribution in [-0.4, -0.2) is 9.55 Å². The molecular weight excluding hydrogens is 238 g/mol. The molecular formula is C15H13N3O. The van der Waals surface area contributed by atoms with Crippen molar-refractivity contribution >= 4 is 16.6 Å². The van der Waals surface area contributed by atoms with Crippen molar-refractivity contribution in [1.82, 2.24) is 9.55 Å². The second kappa shape index (κ2) is 4.57. The molecule has 0 aliphatic rings. The van der Waals surface area contributed by atoms with Crippen LogP contribution in [0.25, 0.3) is 10.9 Å². The molecule has 0 fully saturated rings. The summed E-state index contributed by atoms with van der Waals surface area (Å²) >= 11 is 0. The Labute approximate surface area is 110 Å². The maximum atomic E-state index is 12.3. The minimum atomic E-state index is -0.0255. The van der Waals surface area contributed by atoms with E-state index in [0.29, 0.717) is 17.6 Å². The van der Waals surface area contributed by atoms with E-state index in [9.17, 15) is 4.79 Å². The molecule has 4 nitrogen and oxygen atoms in total. The molecule has 94 valence electrons. The van der Waals surface area contributed by atoms with Crippen LogP contribution in [0, 0.1) is 0 Å². The number of rotatable bonds is 2. The Morgan fingerprint density at radius 2 is 1.79 bits per heavy atom. The van der Waals surface area contributed by atoms with Crippen LogP contribution in [0.15, 0.2) is 59.7 Å². The third-order valence-corrected chi connectivity index (χ3v) is 3.06. The molecule has 0 radical (unpaired) electrons. The number of anilines is 1. The highest BCUT2D eigenvalue weighted by atomic mass is 16.1. The van der Waals surface area contributed by atoms with Gasteiger partial charge in [0.15, 0.2) is 0 Å². The quantitative estimate of drug-likeness (QED) is 0.709. The lowest BCUT2D eigenvalue weighted by Crippen LogP contribution is -2.21. The summed E-state index contributed by atoms with van der Waals surface area (Å²) in [5, 5.41) is 0.639. The predicted octanol–water partition coefficient (Wildman–Crippen LogP) is 2.03. The minimum Gasteiger partial charge on any atom is -0.399 e. The summed E-state index contributed by atoms with van der Waals surface area (Å²) in [4.78, 5) is 16.6. The molecule has 0 aliphatic heterocycles. The minimum absolute atomic E-state index is 0.0255. The number of nitrogen functional groups attached to an aromatic ring is 1. The molecule has 0 spiro atoms. The van der Waals surface area contributed by atoms with Crippen LogP contribution < -0.4 is 11.3 Å². The molecule has 2 aromatic carbocycles. The average molecular weight is 251 g/mol. The molecule has 0 amide bonds. The van der Waals surface area contributed by atoms with Crippen LogP contribution in [0.4, 0.5) is 5.69 Å². The van der Waals surface area contributed by atoms with E-state index in [0.717, 1.165) is 11.1 Å². The molecule has 0 aliphatic carbocycles. The standard InChI is InChI=1S/C15H13N3O/c16-12-7-5-11(6-8-12)9-18-10-17-14-4-2-1-3-13(14)15(18)19/h1-8,10H,9,16H2. The van der Waals surface area contributed by atoms with E-state index in [2.05, 4.69) is 4.98 Å². The first-order valence-corrected chi connectivity index (χ1v) is 6.02. The van der Waals surface area contributed by atoms with Crippen molar-refractivity contribution < 1.29 is 0 Å². The molecule has 1 heterocycles. The van der Waals surface area contributed by atoms with Crippen molar-refractivity contribution in [2.45, 2.75) is 6.54 Å². The van der Waals surface area contributed by atoms with Gasteiger partial charge in [-0.3, -0.25) is 9.36 Å². The fraction of sp³-hybridized carbons (Fsp3) is 0.0667. The molecule has 0 saturated heterocycles. The second-order valence-electron chi connectivity index (χ2n) is 4.44. The van der Waals surface area contributed by atoms with Crippen molar-refractivity contribution in [2.24, 2.45) is 0 Å². The molecule has 4 heteroatoms. The summed E-state index contributed by atoms with van der Waals surface area (Å²) in [5.74, 6) is 0. The smallest absolute Gasteiger partial charge is 0.261 e. The SMILES string of the molecule is Nc1ccc(Cn2cnc3ccccc3c2=O)cc1. The van der Waals surface area contributed by atoms with Gasteiger partial charge in [-0.1, -0.05) is 24.3 Å². The molecule has 19 heavy (non-hydrogen) atoms. The lowest BCUT2D eigenvalue weighted by Gasteiger charge is -2.07. The van der Waals surface area contributed by atoms with Gasteiger partial charge in [0.1, 0.15) is 0 Å². The van der Waals surface area contributed by atoms with Gasteiger partial charge in [0.25, 0.3) is 5.56 Å². The zero-order chi connectivity index (χ0) is 13.2. The van der Waals surface area contributed by atoms with Crippen LogP contribution in [0.3, 0.4) is 0 Å². The monoisotopic (exact) mass is 251 g/mol. The summed E-state index contributed by atoms with van der Waals surface area (Å²) in [6.07, 6.45) is 1.58. The van der Waals surface area contributed by atoms with Crippen molar-refractivity contribution in [3.05, 3.63) is 70.8 Å². The van der Waals surface area contributed by atoms with Gasteiger partial charge in [-0.05, 0) is 29.8 Å². The molecule has 1 aromatic heterocycles. The first-order valence-electron chi connectivity index (χ1n) is 6.02. The van der Waals surface area contributed by atoms with Gasteiger partial charge in [0, 0.05) is 5.69 Å². The normalized spacial score (nSPS) is 10.7. The highest BCUT2D eigenvalue weighted by Gasteiger charge is 2.03. The van der Waals surface area contributed by atoms with Gasteiger partial charge in [0.05, 0.1) is 23.8 Å². The Morgan fingerprint density at radius 1 is 1.05 bits per heavy atom. The topological polar surface area (TPSA) is 60.9 Å². The Morgan fingerprint density at radius 3 is 2.58 bits per heavy atom. The highest BCUT2D eigenvalue weighted by Crippen LogP contribution is 2.08. The fourth-order valence-electron chi connectivity index (χ4n) is 2.04. The number of para-hydroxylation sites is 1. The number of hydrogen-bond donors (Lipinski definition) is 1. The number of benzene rings is 2. The van der Waals surface area contributed by atoms with Crippen LogP contribution in [0.5, 0.6) is 0 Å². The van der Waals surface area contributed by atoms with Crippen LogP contribution in [0.1, 0.15) is 5.56 Å². The lowest BCUT2D eigenvalue weighted by molar-refractivity contribution is 0.748. The van der Waals surface area contributed by atoms with Gasteiger partial charge >= 0.3 is 0 Å². The van der Waals surface area contributed by atoms with Gasteiger partial charge in [-0.25, -0.2) is 4.98 Å². The number of nitrogens with zero attached hydrogens (tertiary/aromatic N) is 2. The van der Waals surface area contributed by atoms with E-state index < -0.39 is 0 Å². The van der Waals surface area contributed by atoms with Crippen molar-refractivity contribution in [3.63, 3.8) is 0 Å². The molecule has 0 atom stereocenters. The summed E-state index contributed by atoms with van der Waals surface area (Å²) in [6, 6.07) is 14.8. The third-order valence-electron chi connectivity index (χ3n) is 3.06. The lowest BCUT2D eigenvalue weighted by atomic mass is 10.2. The van der Waals surface area contributed by atoms with Crippen molar-refractivity contribution in [3.8, 4) is 0 Å². The van der Waals surface area contributed by atoms with E-state index in [1.807, 2.05) is 42.5 Å². The van der Waals surface area contributed by atoms with Crippen molar-refractivity contribution in [2.75, 3.05) is 5.73 Å². The summed E-state index contributed by atoms with van der Waals surface area (Å²) < 4.78 is 1.61. The largest absolute Gasteiger partial charge is 0.399 e. The fourth-order valence-corrected chi connectivity index (χ4v) is 2.04. The maximum absolute atomic E-state index is 12.3. The third kappa shape index (κ3) is 2.20.